The Morgan fingerprint density at radius 3 is 2.58 bits per heavy atom. The standard InChI is InChI=1S/C21H26FN3S/c1-21(2,3)14-23-20(26)24-18-8-9-19-16(12-18)10-11-25(19)13-15-4-6-17(22)7-5-15/h4-9,12H,10-11,13-14H2,1-3H3,(H2,23,24,26). The third-order valence-corrected chi connectivity index (χ3v) is 4.64. The monoisotopic (exact) mass is 371 g/mol. The highest BCUT2D eigenvalue weighted by Gasteiger charge is 2.19. The van der Waals surface area contributed by atoms with E-state index in [1.807, 2.05) is 12.1 Å². The summed E-state index contributed by atoms with van der Waals surface area (Å²) < 4.78 is 13.1. The zero-order chi connectivity index (χ0) is 18.7. The second-order valence-electron chi connectivity index (χ2n) is 8.01. The van der Waals surface area contributed by atoms with E-state index >= 15 is 0 Å². The summed E-state index contributed by atoms with van der Waals surface area (Å²) in [6.45, 7) is 9.12. The van der Waals surface area contributed by atoms with Gasteiger partial charge in [0.25, 0.3) is 0 Å². The minimum Gasteiger partial charge on any atom is -0.367 e. The highest BCUT2D eigenvalue weighted by Crippen LogP contribution is 2.31. The maximum atomic E-state index is 13.1. The van der Waals surface area contributed by atoms with Crippen molar-refractivity contribution in [1.29, 1.82) is 0 Å². The van der Waals surface area contributed by atoms with Crippen molar-refractivity contribution in [2.24, 2.45) is 5.41 Å². The van der Waals surface area contributed by atoms with Crippen molar-refractivity contribution >= 4 is 28.7 Å². The Morgan fingerprint density at radius 1 is 1.15 bits per heavy atom. The number of thiocarbonyl (C=S) groups is 1. The molecule has 0 fully saturated rings. The first-order valence-corrected chi connectivity index (χ1v) is 9.38. The number of nitrogens with zero attached hydrogens (tertiary/aromatic N) is 1. The van der Waals surface area contributed by atoms with E-state index in [0.717, 1.165) is 37.3 Å². The maximum absolute atomic E-state index is 13.1. The molecule has 1 aliphatic rings. The Hall–Kier alpha value is -2.14. The topological polar surface area (TPSA) is 27.3 Å². The van der Waals surface area contributed by atoms with E-state index in [0.29, 0.717) is 5.11 Å². The number of hydrogen-bond donors (Lipinski definition) is 2. The normalized spacial score (nSPS) is 13.5. The van der Waals surface area contributed by atoms with Gasteiger partial charge < -0.3 is 15.5 Å². The van der Waals surface area contributed by atoms with Crippen molar-refractivity contribution in [3.63, 3.8) is 0 Å². The molecule has 3 nitrogen and oxygen atoms in total. The second-order valence-corrected chi connectivity index (χ2v) is 8.42. The Bertz CT molecular complexity index is 781. The van der Waals surface area contributed by atoms with Crippen molar-refractivity contribution in [2.75, 3.05) is 23.3 Å². The third kappa shape index (κ3) is 4.94. The molecule has 0 aromatic heterocycles. The van der Waals surface area contributed by atoms with Crippen LogP contribution in [0.1, 0.15) is 31.9 Å². The van der Waals surface area contributed by atoms with Crippen molar-refractivity contribution in [2.45, 2.75) is 33.7 Å². The van der Waals surface area contributed by atoms with E-state index in [1.165, 1.54) is 23.4 Å². The molecule has 0 bridgehead atoms. The van der Waals surface area contributed by atoms with Gasteiger partial charge in [0.1, 0.15) is 5.82 Å². The molecule has 0 saturated heterocycles. The molecule has 5 heteroatoms. The number of nitrogens with one attached hydrogen (secondary N) is 2. The molecular weight excluding hydrogens is 345 g/mol. The van der Waals surface area contributed by atoms with Gasteiger partial charge >= 0.3 is 0 Å². The van der Waals surface area contributed by atoms with Crippen LogP contribution < -0.4 is 15.5 Å². The zero-order valence-electron chi connectivity index (χ0n) is 15.6. The van der Waals surface area contributed by atoms with Crippen LogP contribution in [0.5, 0.6) is 0 Å². The summed E-state index contributed by atoms with van der Waals surface area (Å²) in [5, 5.41) is 7.19. The summed E-state index contributed by atoms with van der Waals surface area (Å²) in [5.74, 6) is -0.192. The molecule has 0 atom stereocenters. The molecule has 0 saturated carbocycles. The quantitative estimate of drug-likeness (QED) is 0.761. The van der Waals surface area contributed by atoms with Crippen LogP contribution in [0.2, 0.25) is 0 Å². The van der Waals surface area contributed by atoms with Crippen LogP contribution >= 0.6 is 12.2 Å². The SMILES string of the molecule is CC(C)(C)CNC(=S)Nc1ccc2c(c1)CCN2Cc1ccc(F)cc1. The van der Waals surface area contributed by atoms with Gasteiger partial charge in [-0.15, -0.1) is 0 Å². The van der Waals surface area contributed by atoms with Gasteiger partial charge in [0, 0.05) is 31.0 Å². The first kappa shape index (κ1) is 18.6. The van der Waals surface area contributed by atoms with Crippen LogP contribution in [0.15, 0.2) is 42.5 Å². The fourth-order valence-corrected chi connectivity index (χ4v) is 3.23. The van der Waals surface area contributed by atoms with Crippen LogP contribution in [-0.4, -0.2) is 18.2 Å². The van der Waals surface area contributed by atoms with E-state index in [-0.39, 0.29) is 11.2 Å². The highest BCUT2D eigenvalue weighted by atomic mass is 32.1. The molecule has 1 heterocycles. The van der Waals surface area contributed by atoms with E-state index in [9.17, 15) is 4.39 Å². The van der Waals surface area contributed by atoms with Crippen LogP contribution in [0.4, 0.5) is 15.8 Å². The Morgan fingerprint density at radius 2 is 1.88 bits per heavy atom. The lowest BCUT2D eigenvalue weighted by molar-refractivity contribution is 0.409. The summed E-state index contributed by atoms with van der Waals surface area (Å²) in [5.41, 5.74) is 4.88. The lowest BCUT2D eigenvalue weighted by Crippen LogP contribution is -2.35. The number of hydrogen-bond acceptors (Lipinski definition) is 2. The van der Waals surface area contributed by atoms with Gasteiger partial charge in [-0.3, -0.25) is 0 Å². The van der Waals surface area contributed by atoms with Gasteiger partial charge in [0.2, 0.25) is 0 Å². The Balaban J connectivity index is 1.62. The summed E-state index contributed by atoms with van der Waals surface area (Å²) in [7, 11) is 0. The van der Waals surface area contributed by atoms with Crippen LogP contribution in [0, 0.1) is 11.2 Å². The zero-order valence-corrected chi connectivity index (χ0v) is 16.4. The van der Waals surface area contributed by atoms with Crippen molar-refractivity contribution in [1.82, 2.24) is 5.32 Å². The van der Waals surface area contributed by atoms with E-state index in [1.54, 1.807) is 0 Å². The first-order chi connectivity index (χ1) is 12.3. The molecule has 2 aromatic rings. The lowest BCUT2D eigenvalue weighted by Gasteiger charge is -2.21. The molecule has 0 amide bonds. The maximum Gasteiger partial charge on any atom is 0.170 e. The van der Waals surface area contributed by atoms with Crippen molar-refractivity contribution in [3.8, 4) is 0 Å². The van der Waals surface area contributed by atoms with Gasteiger partial charge in [0.15, 0.2) is 5.11 Å². The minimum atomic E-state index is -0.192. The predicted molar refractivity (Wildman–Crippen MR) is 111 cm³/mol. The number of anilines is 2. The number of fused-ring (bicyclic) bond motifs is 1. The van der Waals surface area contributed by atoms with Crippen LogP contribution in [-0.2, 0) is 13.0 Å². The number of benzene rings is 2. The predicted octanol–water partition coefficient (Wildman–Crippen LogP) is 4.72. The minimum absolute atomic E-state index is 0.185. The van der Waals surface area contributed by atoms with Crippen molar-refractivity contribution < 1.29 is 4.39 Å². The molecule has 0 spiro atoms. The average Bonchev–Trinajstić information content (AvgIpc) is 2.97. The highest BCUT2D eigenvalue weighted by molar-refractivity contribution is 7.80. The van der Waals surface area contributed by atoms with E-state index < -0.39 is 0 Å². The van der Waals surface area contributed by atoms with E-state index in [2.05, 4.69) is 54.5 Å². The summed E-state index contributed by atoms with van der Waals surface area (Å²) in [6, 6.07) is 13.1. The molecule has 26 heavy (non-hydrogen) atoms. The van der Waals surface area contributed by atoms with E-state index in [4.69, 9.17) is 12.2 Å². The molecular formula is C21H26FN3S. The fourth-order valence-electron chi connectivity index (χ4n) is 3.04. The van der Waals surface area contributed by atoms with Crippen LogP contribution in [0.25, 0.3) is 0 Å². The molecule has 2 N–H and O–H groups in total. The fraction of sp³-hybridized carbons (Fsp3) is 0.381. The molecule has 2 aromatic carbocycles. The van der Waals surface area contributed by atoms with Gasteiger partial charge in [0.05, 0.1) is 0 Å². The number of rotatable bonds is 4. The Kier molecular flexibility index (Phi) is 5.47. The van der Waals surface area contributed by atoms with Crippen molar-refractivity contribution in [3.05, 3.63) is 59.4 Å². The molecule has 0 unspecified atom stereocenters. The van der Waals surface area contributed by atoms with Crippen LogP contribution in [0.3, 0.4) is 0 Å². The van der Waals surface area contributed by atoms with Gasteiger partial charge in [-0.05, 0) is 65.5 Å². The van der Waals surface area contributed by atoms with Gasteiger partial charge in [-0.25, -0.2) is 4.39 Å². The third-order valence-electron chi connectivity index (χ3n) is 4.40. The molecule has 0 aliphatic carbocycles. The molecule has 0 radical (unpaired) electrons. The average molecular weight is 372 g/mol. The summed E-state index contributed by atoms with van der Waals surface area (Å²) in [6.07, 6.45) is 1.01. The van der Waals surface area contributed by atoms with Gasteiger partial charge in [-0.2, -0.15) is 0 Å². The largest absolute Gasteiger partial charge is 0.367 e. The van der Waals surface area contributed by atoms with Gasteiger partial charge in [-0.1, -0.05) is 32.9 Å². The lowest BCUT2D eigenvalue weighted by atomic mass is 9.97. The summed E-state index contributed by atoms with van der Waals surface area (Å²) >= 11 is 5.39. The molecule has 1 aliphatic heterocycles. The molecule has 3 rings (SSSR count). The summed E-state index contributed by atoms with van der Waals surface area (Å²) in [4.78, 5) is 2.34. The molecule has 138 valence electrons. The smallest absolute Gasteiger partial charge is 0.170 e. The first-order valence-electron chi connectivity index (χ1n) is 8.97. The number of halogens is 1. The Labute approximate surface area is 160 Å². The second kappa shape index (κ2) is 7.62.